The molecule has 5 nitrogen and oxygen atoms in total. The Morgan fingerprint density at radius 2 is 2.33 bits per heavy atom. The van der Waals surface area contributed by atoms with E-state index in [1.54, 1.807) is 18.4 Å². The number of thiazole rings is 1. The van der Waals surface area contributed by atoms with Crippen molar-refractivity contribution in [2.45, 2.75) is 44.8 Å². The van der Waals surface area contributed by atoms with E-state index in [0.29, 0.717) is 13.0 Å². The third-order valence-electron chi connectivity index (χ3n) is 4.00. The number of amides is 1. The van der Waals surface area contributed by atoms with Gasteiger partial charge < -0.3 is 15.8 Å². The number of nitrogens with two attached hydrogens (primary N) is 1. The number of carbonyl (C=O) groups is 1. The van der Waals surface area contributed by atoms with Gasteiger partial charge in [0.1, 0.15) is 0 Å². The van der Waals surface area contributed by atoms with Gasteiger partial charge in [-0.05, 0) is 26.2 Å². The Morgan fingerprint density at radius 1 is 1.57 bits per heavy atom. The molecule has 3 N–H and O–H groups in total. The molecule has 1 aliphatic carbocycles. The summed E-state index contributed by atoms with van der Waals surface area (Å²) >= 11 is 1.64. The van der Waals surface area contributed by atoms with Gasteiger partial charge in [-0.2, -0.15) is 0 Å². The van der Waals surface area contributed by atoms with Gasteiger partial charge in [-0.15, -0.1) is 23.7 Å². The molecule has 1 saturated carbocycles. The van der Waals surface area contributed by atoms with Crippen LogP contribution in [0.3, 0.4) is 0 Å². The zero-order chi connectivity index (χ0) is 14.5. The third kappa shape index (κ3) is 4.92. The summed E-state index contributed by atoms with van der Waals surface area (Å²) in [5.74, 6) is 0.149. The van der Waals surface area contributed by atoms with Crippen molar-refractivity contribution in [2.75, 3.05) is 13.7 Å². The average molecular weight is 334 g/mol. The third-order valence-corrected chi connectivity index (χ3v) is 5.00. The van der Waals surface area contributed by atoms with Crippen LogP contribution >= 0.6 is 23.7 Å². The van der Waals surface area contributed by atoms with Crippen molar-refractivity contribution < 1.29 is 9.53 Å². The Balaban J connectivity index is 0.00000220. The molecular formula is C14H24ClN3O2S. The van der Waals surface area contributed by atoms with Gasteiger partial charge in [-0.1, -0.05) is 0 Å². The number of nitrogens with zero attached hydrogens (tertiary/aromatic N) is 1. The fourth-order valence-electron chi connectivity index (χ4n) is 2.72. The lowest BCUT2D eigenvalue weighted by Gasteiger charge is -2.32. The molecule has 1 heterocycles. The highest BCUT2D eigenvalue weighted by Crippen LogP contribution is 2.25. The number of methoxy groups -OCH3 is 1. The number of aromatic nitrogens is 1. The molecule has 0 radical (unpaired) electrons. The summed E-state index contributed by atoms with van der Waals surface area (Å²) in [6, 6.07) is -0.0340. The number of rotatable bonds is 5. The minimum atomic E-state index is -0.0340. The maximum atomic E-state index is 12.1. The van der Waals surface area contributed by atoms with Gasteiger partial charge in [0, 0.05) is 36.9 Å². The molecule has 1 aliphatic rings. The van der Waals surface area contributed by atoms with Crippen LogP contribution in [0.4, 0.5) is 0 Å². The number of hydrogen-bond acceptors (Lipinski definition) is 5. The first-order valence-electron chi connectivity index (χ1n) is 7.07. The lowest BCUT2D eigenvalue weighted by atomic mass is 9.83. The van der Waals surface area contributed by atoms with E-state index in [9.17, 15) is 4.79 Å². The van der Waals surface area contributed by atoms with Gasteiger partial charge in [-0.3, -0.25) is 4.79 Å². The molecule has 0 bridgehead atoms. The molecule has 0 aromatic carbocycles. The molecular weight excluding hydrogens is 310 g/mol. The van der Waals surface area contributed by atoms with Crippen LogP contribution in [-0.4, -0.2) is 36.7 Å². The van der Waals surface area contributed by atoms with Crippen LogP contribution in [0.25, 0.3) is 0 Å². The van der Waals surface area contributed by atoms with Gasteiger partial charge in [0.15, 0.2) is 0 Å². The fraction of sp³-hybridized carbons (Fsp3) is 0.714. The summed E-state index contributed by atoms with van der Waals surface area (Å²) in [6.45, 7) is 2.67. The van der Waals surface area contributed by atoms with E-state index in [0.717, 1.165) is 25.0 Å². The number of carbonyl (C=O) groups excluding carboxylic acids is 1. The molecule has 2 rings (SSSR count). The molecule has 0 spiro atoms. The van der Waals surface area contributed by atoms with Gasteiger partial charge in [0.25, 0.3) is 0 Å². The number of aryl methyl sites for hydroxylation is 1. The van der Waals surface area contributed by atoms with Crippen molar-refractivity contribution in [3.8, 4) is 0 Å². The summed E-state index contributed by atoms with van der Waals surface area (Å²) in [4.78, 5) is 17.6. The molecule has 0 saturated heterocycles. The fourth-order valence-corrected chi connectivity index (χ4v) is 3.50. The highest BCUT2D eigenvalue weighted by molar-refractivity contribution is 7.09. The summed E-state index contributed by atoms with van der Waals surface area (Å²) in [6.07, 6.45) is 3.38. The first kappa shape index (κ1) is 18.4. The van der Waals surface area contributed by atoms with E-state index in [4.69, 9.17) is 10.5 Å². The topological polar surface area (TPSA) is 77.2 Å². The number of nitrogens with one attached hydrogen (secondary N) is 1. The van der Waals surface area contributed by atoms with Crippen LogP contribution in [0.5, 0.6) is 0 Å². The van der Waals surface area contributed by atoms with E-state index in [1.807, 2.05) is 12.4 Å². The van der Waals surface area contributed by atoms with Crippen LogP contribution in [0.2, 0.25) is 0 Å². The van der Waals surface area contributed by atoms with Crippen LogP contribution < -0.4 is 11.1 Å². The van der Waals surface area contributed by atoms with E-state index in [-0.39, 0.29) is 36.4 Å². The van der Waals surface area contributed by atoms with Crippen molar-refractivity contribution in [1.82, 2.24) is 10.3 Å². The quantitative estimate of drug-likeness (QED) is 0.859. The summed E-state index contributed by atoms with van der Waals surface area (Å²) in [7, 11) is 1.68. The van der Waals surface area contributed by atoms with Crippen molar-refractivity contribution in [2.24, 2.45) is 11.7 Å². The molecule has 0 unspecified atom stereocenters. The van der Waals surface area contributed by atoms with Crippen molar-refractivity contribution in [1.29, 1.82) is 0 Å². The molecule has 1 fully saturated rings. The number of ether oxygens (including phenoxy) is 1. The molecule has 120 valence electrons. The van der Waals surface area contributed by atoms with E-state index < -0.39 is 0 Å². The van der Waals surface area contributed by atoms with E-state index in [1.165, 1.54) is 4.88 Å². The minimum absolute atomic E-state index is 0. The smallest absolute Gasteiger partial charge is 0.223 e. The van der Waals surface area contributed by atoms with Crippen LogP contribution in [0.15, 0.2) is 5.51 Å². The Kier molecular flexibility index (Phi) is 7.59. The van der Waals surface area contributed by atoms with Crippen LogP contribution in [0, 0.1) is 12.8 Å². The second-order valence-corrected chi connectivity index (χ2v) is 6.29. The second kappa shape index (κ2) is 8.68. The van der Waals surface area contributed by atoms with E-state index >= 15 is 0 Å². The minimum Gasteiger partial charge on any atom is -0.380 e. The predicted octanol–water partition coefficient (Wildman–Crippen LogP) is 1.67. The average Bonchev–Trinajstić information content (AvgIpc) is 2.84. The normalized spacial score (nSPS) is 25.2. The largest absolute Gasteiger partial charge is 0.380 e. The van der Waals surface area contributed by atoms with Crippen molar-refractivity contribution in [3.63, 3.8) is 0 Å². The second-order valence-electron chi connectivity index (χ2n) is 5.35. The van der Waals surface area contributed by atoms with Gasteiger partial charge in [0.2, 0.25) is 5.91 Å². The van der Waals surface area contributed by atoms with Crippen LogP contribution in [0.1, 0.15) is 29.8 Å². The van der Waals surface area contributed by atoms with E-state index in [2.05, 4.69) is 10.3 Å². The van der Waals surface area contributed by atoms with Crippen LogP contribution in [-0.2, 0) is 16.0 Å². The van der Waals surface area contributed by atoms with Crippen molar-refractivity contribution in [3.05, 3.63) is 16.1 Å². The maximum absolute atomic E-state index is 12.1. The first-order valence-corrected chi connectivity index (χ1v) is 7.94. The molecule has 1 aromatic rings. The molecule has 3 atom stereocenters. The van der Waals surface area contributed by atoms with Gasteiger partial charge >= 0.3 is 0 Å². The Morgan fingerprint density at radius 3 is 2.90 bits per heavy atom. The zero-order valence-corrected chi connectivity index (χ0v) is 14.1. The number of halogens is 1. The predicted molar refractivity (Wildman–Crippen MR) is 86.9 cm³/mol. The zero-order valence-electron chi connectivity index (χ0n) is 12.5. The standard InChI is InChI=1S/C14H23N3O2S.ClH/c1-9-13(20-8-17-9)5-6-16-14(18)10-3-4-12(19-2)11(15)7-10;/h8,10-12H,3-7,15H2,1-2H3,(H,16,18);1H/t10-,11+,12+;/m0./s1. The monoisotopic (exact) mass is 333 g/mol. The molecule has 1 aromatic heterocycles. The first-order chi connectivity index (χ1) is 9.61. The Hall–Kier alpha value is -0.690. The lowest BCUT2D eigenvalue weighted by Crippen LogP contribution is -2.45. The molecule has 1 amide bonds. The molecule has 7 heteroatoms. The lowest BCUT2D eigenvalue weighted by molar-refractivity contribution is -0.127. The van der Waals surface area contributed by atoms with Crippen molar-refractivity contribution >= 4 is 29.7 Å². The summed E-state index contributed by atoms with van der Waals surface area (Å²) in [5, 5.41) is 3.01. The molecule has 0 aliphatic heterocycles. The Labute approximate surface area is 136 Å². The van der Waals surface area contributed by atoms with Gasteiger partial charge in [0.05, 0.1) is 17.3 Å². The highest BCUT2D eigenvalue weighted by Gasteiger charge is 2.31. The number of hydrogen-bond donors (Lipinski definition) is 2. The molecule has 21 heavy (non-hydrogen) atoms. The Bertz CT molecular complexity index is 455. The summed E-state index contributed by atoms with van der Waals surface area (Å²) < 4.78 is 5.31. The maximum Gasteiger partial charge on any atom is 0.223 e. The SMILES string of the molecule is CO[C@@H]1CC[C@H](C(=O)NCCc2scnc2C)C[C@H]1N.Cl. The van der Waals surface area contributed by atoms with Gasteiger partial charge in [-0.25, -0.2) is 4.98 Å². The summed E-state index contributed by atoms with van der Waals surface area (Å²) in [5.41, 5.74) is 8.94. The highest BCUT2D eigenvalue weighted by atomic mass is 35.5.